The molecule has 1 aromatic carbocycles. The van der Waals surface area contributed by atoms with Gasteiger partial charge in [0.05, 0.1) is 11.8 Å². The highest BCUT2D eigenvalue weighted by Crippen LogP contribution is 2.31. The van der Waals surface area contributed by atoms with Crippen LogP contribution in [-0.2, 0) is 16.1 Å². The minimum Gasteiger partial charge on any atom is -0.366 e. The number of amides is 1. The third-order valence-corrected chi connectivity index (χ3v) is 4.49. The topological polar surface area (TPSA) is 94.2 Å². The van der Waals surface area contributed by atoms with Crippen molar-refractivity contribution in [1.29, 1.82) is 0 Å². The van der Waals surface area contributed by atoms with Gasteiger partial charge in [0.2, 0.25) is 11.7 Å². The first kappa shape index (κ1) is 17.3. The summed E-state index contributed by atoms with van der Waals surface area (Å²) in [4.78, 5) is 18.7. The Morgan fingerprint density at radius 2 is 1.96 bits per heavy atom. The van der Waals surface area contributed by atoms with Crippen LogP contribution >= 0.6 is 0 Å². The average molecular weight is 365 g/mol. The van der Waals surface area contributed by atoms with Crippen LogP contribution in [0, 0.1) is 6.92 Å². The fourth-order valence-corrected chi connectivity index (χ4v) is 3.06. The number of rotatable bonds is 4. The minimum atomic E-state index is -0.467. The molecule has 2 aromatic heterocycles. The first-order chi connectivity index (χ1) is 13.1. The normalized spacial score (nSPS) is 20.1. The molecule has 8 heteroatoms. The molecule has 8 nitrogen and oxygen atoms in total. The standard InChI is InChI=1S/C19H19N5O3/c1-12-8-9-15(22-21-12)18-20-19(27-23-18)17-13(2)26-11-16(25)24(17)10-14-6-4-3-5-7-14/h3-9,13,17H,10-11H2,1-2H3/t13-,17+/m1/s1. The maximum Gasteiger partial charge on any atom is 0.252 e. The molecule has 2 atom stereocenters. The van der Waals surface area contributed by atoms with E-state index in [1.165, 1.54) is 0 Å². The van der Waals surface area contributed by atoms with Crippen LogP contribution in [-0.4, -0.2) is 43.9 Å². The number of ether oxygens (including phenoxy) is 1. The van der Waals surface area contributed by atoms with Crippen LogP contribution in [0.15, 0.2) is 47.0 Å². The van der Waals surface area contributed by atoms with Gasteiger partial charge in [0, 0.05) is 6.54 Å². The van der Waals surface area contributed by atoms with Crippen LogP contribution in [0.4, 0.5) is 0 Å². The summed E-state index contributed by atoms with van der Waals surface area (Å²) in [6.45, 7) is 4.23. The summed E-state index contributed by atoms with van der Waals surface area (Å²) >= 11 is 0. The van der Waals surface area contributed by atoms with Crippen LogP contribution in [0.25, 0.3) is 11.5 Å². The van der Waals surface area contributed by atoms with E-state index in [0.29, 0.717) is 24.0 Å². The molecule has 1 fully saturated rings. The van der Waals surface area contributed by atoms with Crippen molar-refractivity contribution in [3.63, 3.8) is 0 Å². The quantitative estimate of drug-likeness (QED) is 0.700. The van der Waals surface area contributed by atoms with Crippen molar-refractivity contribution in [2.75, 3.05) is 6.61 Å². The summed E-state index contributed by atoms with van der Waals surface area (Å²) < 4.78 is 11.1. The Balaban J connectivity index is 1.64. The van der Waals surface area contributed by atoms with Crippen LogP contribution in [0.2, 0.25) is 0 Å². The SMILES string of the molecule is Cc1ccc(-c2noc([C@@H]3[C@@H](C)OCC(=O)N3Cc3ccccc3)n2)nn1. The zero-order chi connectivity index (χ0) is 18.8. The number of hydrogen-bond acceptors (Lipinski definition) is 7. The number of morpholine rings is 1. The molecule has 0 aliphatic carbocycles. The average Bonchev–Trinajstić information content (AvgIpc) is 3.16. The van der Waals surface area contributed by atoms with Crippen molar-refractivity contribution < 1.29 is 14.1 Å². The third kappa shape index (κ3) is 3.56. The van der Waals surface area contributed by atoms with E-state index < -0.39 is 6.04 Å². The highest BCUT2D eigenvalue weighted by Gasteiger charge is 2.39. The zero-order valence-electron chi connectivity index (χ0n) is 15.1. The lowest BCUT2D eigenvalue weighted by molar-refractivity contribution is -0.159. The summed E-state index contributed by atoms with van der Waals surface area (Å²) in [6, 6.07) is 12.9. The molecular weight excluding hydrogens is 346 g/mol. The molecule has 3 heterocycles. The molecule has 1 aliphatic rings. The summed E-state index contributed by atoms with van der Waals surface area (Å²) in [5.41, 5.74) is 2.34. The van der Waals surface area contributed by atoms with Gasteiger partial charge in [-0.1, -0.05) is 35.5 Å². The fraction of sp³-hybridized carbons (Fsp3) is 0.316. The molecule has 27 heavy (non-hydrogen) atoms. The molecule has 0 unspecified atom stereocenters. The molecule has 1 amide bonds. The zero-order valence-corrected chi connectivity index (χ0v) is 15.1. The molecule has 0 radical (unpaired) electrons. The Bertz CT molecular complexity index is 926. The van der Waals surface area contributed by atoms with E-state index in [2.05, 4.69) is 20.3 Å². The molecule has 0 spiro atoms. The van der Waals surface area contributed by atoms with Gasteiger partial charge in [-0.25, -0.2) is 0 Å². The monoisotopic (exact) mass is 365 g/mol. The van der Waals surface area contributed by atoms with E-state index in [1.54, 1.807) is 11.0 Å². The van der Waals surface area contributed by atoms with Gasteiger partial charge in [-0.05, 0) is 31.5 Å². The van der Waals surface area contributed by atoms with Gasteiger partial charge < -0.3 is 14.2 Å². The number of benzene rings is 1. The van der Waals surface area contributed by atoms with E-state index in [1.807, 2.05) is 50.2 Å². The lowest BCUT2D eigenvalue weighted by Crippen LogP contribution is -2.47. The maximum atomic E-state index is 12.5. The predicted octanol–water partition coefficient (Wildman–Crippen LogP) is 2.32. The van der Waals surface area contributed by atoms with Crippen LogP contribution in [0.3, 0.4) is 0 Å². The van der Waals surface area contributed by atoms with Crippen molar-refractivity contribution in [1.82, 2.24) is 25.2 Å². The second-order valence-corrected chi connectivity index (χ2v) is 6.48. The van der Waals surface area contributed by atoms with Crippen molar-refractivity contribution in [2.45, 2.75) is 32.5 Å². The predicted molar refractivity (Wildman–Crippen MR) is 95.2 cm³/mol. The second-order valence-electron chi connectivity index (χ2n) is 6.48. The van der Waals surface area contributed by atoms with Crippen molar-refractivity contribution in [3.8, 4) is 11.5 Å². The van der Waals surface area contributed by atoms with Gasteiger partial charge in [-0.2, -0.15) is 10.1 Å². The molecule has 1 saturated heterocycles. The fourth-order valence-electron chi connectivity index (χ4n) is 3.06. The van der Waals surface area contributed by atoms with E-state index in [4.69, 9.17) is 9.26 Å². The molecular formula is C19H19N5O3. The van der Waals surface area contributed by atoms with Gasteiger partial charge in [-0.15, -0.1) is 5.10 Å². The van der Waals surface area contributed by atoms with Gasteiger partial charge in [-0.3, -0.25) is 4.79 Å². The smallest absolute Gasteiger partial charge is 0.252 e. The Morgan fingerprint density at radius 3 is 2.70 bits per heavy atom. The van der Waals surface area contributed by atoms with E-state index in [-0.39, 0.29) is 18.6 Å². The van der Waals surface area contributed by atoms with Crippen molar-refractivity contribution in [3.05, 3.63) is 59.6 Å². The number of carbonyl (C=O) groups is 1. The summed E-state index contributed by atoms with van der Waals surface area (Å²) in [5.74, 6) is 0.545. The molecule has 138 valence electrons. The van der Waals surface area contributed by atoms with Gasteiger partial charge in [0.25, 0.3) is 5.89 Å². The Kier molecular flexibility index (Phi) is 4.64. The maximum absolute atomic E-state index is 12.5. The first-order valence-corrected chi connectivity index (χ1v) is 8.71. The molecule has 0 saturated carbocycles. The minimum absolute atomic E-state index is 0.0366. The molecule has 0 bridgehead atoms. The lowest BCUT2D eigenvalue weighted by Gasteiger charge is -2.37. The molecule has 0 N–H and O–H groups in total. The van der Waals surface area contributed by atoms with E-state index >= 15 is 0 Å². The number of carbonyl (C=O) groups excluding carboxylic acids is 1. The summed E-state index contributed by atoms with van der Waals surface area (Å²) in [7, 11) is 0. The largest absolute Gasteiger partial charge is 0.366 e. The van der Waals surface area contributed by atoms with Gasteiger partial charge in [0.15, 0.2) is 0 Å². The highest BCUT2D eigenvalue weighted by atomic mass is 16.5. The number of nitrogens with zero attached hydrogens (tertiary/aromatic N) is 5. The number of aromatic nitrogens is 4. The summed E-state index contributed by atoms with van der Waals surface area (Å²) in [6.07, 6.45) is -0.274. The Labute approximate surface area is 156 Å². The number of aryl methyl sites for hydroxylation is 1. The first-order valence-electron chi connectivity index (χ1n) is 8.71. The van der Waals surface area contributed by atoms with E-state index in [9.17, 15) is 4.79 Å². The Morgan fingerprint density at radius 1 is 1.15 bits per heavy atom. The van der Waals surface area contributed by atoms with Crippen LogP contribution < -0.4 is 0 Å². The van der Waals surface area contributed by atoms with Crippen molar-refractivity contribution >= 4 is 5.91 Å². The highest BCUT2D eigenvalue weighted by molar-refractivity contribution is 5.78. The lowest BCUT2D eigenvalue weighted by atomic mass is 10.1. The van der Waals surface area contributed by atoms with Crippen LogP contribution in [0.5, 0.6) is 0 Å². The van der Waals surface area contributed by atoms with Gasteiger partial charge in [0.1, 0.15) is 18.3 Å². The van der Waals surface area contributed by atoms with Gasteiger partial charge >= 0.3 is 0 Å². The van der Waals surface area contributed by atoms with E-state index in [0.717, 1.165) is 11.3 Å². The molecule has 1 aliphatic heterocycles. The second kappa shape index (κ2) is 7.24. The summed E-state index contributed by atoms with van der Waals surface area (Å²) in [5, 5.41) is 12.1. The van der Waals surface area contributed by atoms with Crippen molar-refractivity contribution in [2.24, 2.45) is 0 Å². The molecule has 4 rings (SSSR count). The third-order valence-electron chi connectivity index (χ3n) is 4.49. The Hall–Kier alpha value is -3.13. The van der Waals surface area contributed by atoms with Crippen LogP contribution in [0.1, 0.15) is 30.1 Å². The number of hydrogen-bond donors (Lipinski definition) is 0. The molecule has 3 aromatic rings.